The highest BCUT2D eigenvalue weighted by Crippen LogP contribution is 2.21. The van der Waals surface area contributed by atoms with Gasteiger partial charge in [-0.05, 0) is 31.0 Å². The van der Waals surface area contributed by atoms with Gasteiger partial charge in [0.2, 0.25) is 5.91 Å². The summed E-state index contributed by atoms with van der Waals surface area (Å²) in [6, 6.07) is 5.32. The highest BCUT2D eigenvalue weighted by Gasteiger charge is 2.05. The third-order valence-electron chi connectivity index (χ3n) is 3.64. The number of hydrogen-bond donors (Lipinski definition) is 2. The molecule has 1 aromatic rings. The first-order valence-corrected chi connectivity index (χ1v) is 10.0. The zero-order chi connectivity index (χ0) is 20.8. The first-order chi connectivity index (χ1) is 13.4. The largest absolute Gasteiger partial charge is 0.382 e. The number of amides is 1. The summed E-state index contributed by atoms with van der Waals surface area (Å²) < 4.78 is 11.0. The summed E-state index contributed by atoms with van der Waals surface area (Å²) >= 11 is 12.0. The van der Waals surface area contributed by atoms with Crippen molar-refractivity contribution in [3.8, 4) is 0 Å². The standard InChI is InChI=1S/C19H30Cl2N4O3/c1-4-27-10-5-8-22-19(24-13-18(26)25(2)3)23-9-11-28-14-15-6-7-16(20)12-17(15)21/h6-7,12H,4-5,8-11,13-14H2,1-3H3,(H2,22,23,24). The molecule has 0 radical (unpaired) electrons. The van der Waals surface area contributed by atoms with E-state index < -0.39 is 0 Å². The fourth-order valence-corrected chi connectivity index (χ4v) is 2.51. The molecule has 1 rings (SSSR count). The van der Waals surface area contributed by atoms with Crippen LogP contribution in [0.4, 0.5) is 0 Å². The van der Waals surface area contributed by atoms with E-state index in [0.717, 1.165) is 12.0 Å². The molecule has 2 N–H and O–H groups in total. The summed E-state index contributed by atoms with van der Waals surface area (Å²) in [6.07, 6.45) is 0.849. The number of carbonyl (C=O) groups excluding carboxylic acids is 1. The molecular weight excluding hydrogens is 403 g/mol. The summed E-state index contributed by atoms with van der Waals surface area (Å²) in [5, 5.41) is 7.54. The Hall–Kier alpha value is -1.54. The van der Waals surface area contributed by atoms with Gasteiger partial charge in [0, 0.05) is 50.4 Å². The first-order valence-electron chi connectivity index (χ1n) is 9.25. The maximum absolute atomic E-state index is 11.7. The Morgan fingerprint density at radius 1 is 1.14 bits per heavy atom. The number of halogens is 2. The van der Waals surface area contributed by atoms with Gasteiger partial charge in [-0.15, -0.1) is 0 Å². The van der Waals surface area contributed by atoms with Crippen molar-refractivity contribution in [2.24, 2.45) is 4.99 Å². The second-order valence-corrected chi connectivity index (χ2v) is 6.99. The van der Waals surface area contributed by atoms with Crippen LogP contribution in [0.3, 0.4) is 0 Å². The summed E-state index contributed by atoms with van der Waals surface area (Å²) in [5.74, 6) is 0.504. The van der Waals surface area contributed by atoms with Crippen LogP contribution < -0.4 is 10.6 Å². The lowest BCUT2D eigenvalue weighted by molar-refractivity contribution is -0.127. The molecule has 0 aliphatic rings. The van der Waals surface area contributed by atoms with Crippen LogP contribution in [-0.4, -0.2) is 70.3 Å². The van der Waals surface area contributed by atoms with Crippen LogP contribution in [0, 0.1) is 0 Å². The van der Waals surface area contributed by atoms with E-state index in [0.29, 0.717) is 55.5 Å². The summed E-state index contributed by atoms with van der Waals surface area (Å²) in [6.45, 7) is 5.51. The van der Waals surface area contributed by atoms with Crippen LogP contribution in [0.1, 0.15) is 18.9 Å². The molecule has 0 aromatic heterocycles. The minimum atomic E-state index is -0.0657. The van der Waals surface area contributed by atoms with Crippen molar-refractivity contribution in [3.05, 3.63) is 33.8 Å². The van der Waals surface area contributed by atoms with Gasteiger partial charge in [-0.2, -0.15) is 0 Å². The summed E-state index contributed by atoms with van der Waals surface area (Å²) in [7, 11) is 3.41. The smallest absolute Gasteiger partial charge is 0.243 e. The molecule has 0 aliphatic heterocycles. The molecule has 7 nitrogen and oxygen atoms in total. The van der Waals surface area contributed by atoms with E-state index in [4.69, 9.17) is 32.7 Å². The lowest BCUT2D eigenvalue weighted by Crippen LogP contribution is -2.40. The number of likely N-dealkylation sites (N-methyl/N-ethyl adjacent to an activating group) is 1. The van der Waals surface area contributed by atoms with Gasteiger partial charge in [-0.25, -0.2) is 4.99 Å². The van der Waals surface area contributed by atoms with Gasteiger partial charge in [0.15, 0.2) is 5.96 Å². The van der Waals surface area contributed by atoms with Crippen LogP contribution in [-0.2, 0) is 20.9 Å². The molecule has 0 spiro atoms. The number of aliphatic imine (C=N–C) groups is 1. The van der Waals surface area contributed by atoms with Gasteiger partial charge < -0.3 is 25.0 Å². The van der Waals surface area contributed by atoms with Crippen molar-refractivity contribution in [1.29, 1.82) is 0 Å². The molecule has 0 heterocycles. The van der Waals surface area contributed by atoms with E-state index >= 15 is 0 Å². The highest BCUT2D eigenvalue weighted by molar-refractivity contribution is 6.35. The number of guanidine groups is 1. The fourth-order valence-electron chi connectivity index (χ4n) is 2.05. The van der Waals surface area contributed by atoms with Crippen molar-refractivity contribution in [1.82, 2.24) is 15.5 Å². The molecule has 9 heteroatoms. The van der Waals surface area contributed by atoms with E-state index in [1.54, 1.807) is 26.2 Å². The minimum absolute atomic E-state index is 0.0657. The number of carbonyl (C=O) groups is 1. The molecule has 1 amide bonds. The third-order valence-corrected chi connectivity index (χ3v) is 4.23. The average molecular weight is 433 g/mol. The third kappa shape index (κ3) is 10.7. The van der Waals surface area contributed by atoms with Gasteiger partial charge in [0.25, 0.3) is 0 Å². The number of nitrogens with zero attached hydrogens (tertiary/aromatic N) is 2. The Morgan fingerprint density at radius 3 is 2.57 bits per heavy atom. The summed E-state index contributed by atoms with van der Waals surface area (Å²) in [5.41, 5.74) is 0.880. The van der Waals surface area contributed by atoms with Crippen molar-refractivity contribution in [2.75, 3.05) is 53.6 Å². The van der Waals surface area contributed by atoms with Gasteiger partial charge in [-0.3, -0.25) is 4.79 Å². The van der Waals surface area contributed by atoms with Gasteiger partial charge in [0.1, 0.15) is 6.54 Å². The van der Waals surface area contributed by atoms with Crippen LogP contribution >= 0.6 is 23.2 Å². The molecule has 0 saturated heterocycles. The SMILES string of the molecule is CCOCCCNC(=NCC(=O)N(C)C)NCCOCc1ccc(Cl)cc1Cl. The Morgan fingerprint density at radius 2 is 1.89 bits per heavy atom. The van der Waals surface area contributed by atoms with Crippen molar-refractivity contribution in [3.63, 3.8) is 0 Å². The molecule has 28 heavy (non-hydrogen) atoms. The van der Waals surface area contributed by atoms with E-state index in [-0.39, 0.29) is 12.5 Å². The maximum atomic E-state index is 11.7. The fraction of sp³-hybridized carbons (Fsp3) is 0.579. The first kappa shape index (κ1) is 24.5. The van der Waals surface area contributed by atoms with Crippen molar-refractivity contribution in [2.45, 2.75) is 20.0 Å². The second-order valence-electron chi connectivity index (χ2n) is 6.15. The highest BCUT2D eigenvalue weighted by atomic mass is 35.5. The predicted octanol–water partition coefficient (Wildman–Crippen LogP) is 2.56. The molecule has 0 unspecified atom stereocenters. The summed E-state index contributed by atoms with van der Waals surface area (Å²) in [4.78, 5) is 17.6. The zero-order valence-corrected chi connectivity index (χ0v) is 18.3. The second kappa shape index (κ2) is 14.5. The predicted molar refractivity (Wildman–Crippen MR) is 114 cm³/mol. The lowest BCUT2D eigenvalue weighted by atomic mass is 10.2. The Bertz CT molecular complexity index is 627. The number of ether oxygens (including phenoxy) is 2. The molecular formula is C19H30Cl2N4O3. The number of nitrogens with one attached hydrogen (secondary N) is 2. The van der Waals surface area contributed by atoms with E-state index in [9.17, 15) is 4.79 Å². The van der Waals surface area contributed by atoms with Crippen LogP contribution in [0.2, 0.25) is 10.0 Å². The maximum Gasteiger partial charge on any atom is 0.243 e. The molecule has 0 atom stereocenters. The normalized spacial score (nSPS) is 11.4. The van der Waals surface area contributed by atoms with E-state index in [2.05, 4.69) is 15.6 Å². The van der Waals surface area contributed by atoms with E-state index in [1.807, 2.05) is 13.0 Å². The topological polar surface area (TPSA) is 75.2 Å². The molecule has 0 bridgehead atoms. The molecule has 0 saturated carbocycles. The average Bonchev–Trinajstić information content (AvgIpc) is 2.66. The molecule has 0 aliphatic carbocycles. The van der Waals surface area contributed by atoms with Crippen LogP contribution in [0.25, 0.3) is 0 Å². The van der Waals surface area contributed by atoms with Crippen LogP contribution in [0.5, 0.6) is 0 Å². The number of hydrogen-bond acceptors (Lipinski definition) is 4. The Kier molecular flexibility index (Phi) is 12.6. The Balaban J connectivity index is 2.39. The number of rotatable bonds is 12. The van der Waals surface area contributed by atoms with Gasteiger partial charge in [-0.1, -0.05) is 29.3 Å². The Labute approximate surface area is 177 Å². The number of benzene rings is 1. The molecule has 158 valence electrons. The van der Waals surface area contributed by atoms with Crippen LogP contribution in [0.15, 0.2) is 23.2 Å². The monoisotopic (exact) mass is 432 g/mol. The van der Waals surface area contributed by atoms with E-state index in [1.165, 1.54) is 4.90 Å². The minimum Gasteiger partial charge on any atom is -0.382 e. The molecule has 0 fully saturated rings. The van der Waals surface area contributed by atoms with Gasteiger partial charge in [0.05, 0.1) is 13.2 Å². The zero-order valence-electron chi connectivity index (χ0n) is 16.8. The molecule has 1 aromatic carbocycles. The van der Waals surface area contributed by atoms with Crippen molar-refractivity contribution >= 4 is 35.1 Å². The lowest BCUT2D eigenvalue weighted by Gasteiger charge is -2.14. The van der Waals surface area contributed by atoms with Gasteiger partial charge >= 0.3 is 0 Å². The quantitative estimate of drug-likeness (QED) is 0.301. The van der Waals surface area contributed by atoms with Crippen molar-refractivity contribution < 1.29 is 14.3 Å².